The van der Waals surface area contributed by atoms with E-state index in [9.17, 15) is 8.42 Å². The van der Waals surface area contributed by atoms with Crippen LogP contribution in [0.5, 0.6) is 0 Å². The first-order chi connectivity index (χ1) is 13.4. The minimum Gasteiger partial charge on any atom is -0.382 e. The highest BCUT2D eigenvalue weighted by Crippen LogP contribution is 2.38. The number of pyridine rings is 1. The molecule has 1 saturated heterocycles. The second-order valence-corrected chi connectivity index (χ2v) is 9.98. The van der Waals surface area contributed by atoms with Crippen LogP contribution < -0.4 is 15.4 Å². The predicted molar refractivity (Wildman–Crippen MR) is 114 cm³/mol. The highest BCUT2D eigenvalue weighted by atomic mass is 32.2. The molecule has 3 aromatic heterocycles. The Hall–Kier alpha value is -2.04. The number of nitrogens with zero attached hydrogens (tertiary/aromatic N) is 4. The van der Waals surface area contributed by atoms with Crippen LogP contribution in [-0.4, -0.2) is 42.3 Å². The fourth-order valence-corrected chi connectivity index (χ4v) is 5.65. The normalized spacial score (nSPS) is 18.2. The minimum atomic E-state index is -3.31. The van der Waals surface area contributed by atoms with Gasteiger partial charge in [0.05, 0.1) is 22.6 Å². The Morgan fingerprint density at radius 3 is 2.93 bits per heavy atom. The van der Waals surface area contributed by atoms with Gasteiger partial charge in [0.2, 0.25) is 10.0 Å². The lowest BCUT2D eigenvalue weighted by Gasteiger charge is -2.36. The largest absolute Gasteiger partial charge is 0.382 e. The molecule has 0 radical (unpaired) electrons. The Kier molecular flexibility index (Phi) is 5.11. The predicted octanol–water partition coefficient (Wildman–Crippen LogP) is 2.64. The van der Waals surface area contributed by atoms with Gasteiger partial charge in [-0.3, -0.25) is 0 Å². The van der Waals surface area contributed by atoms with Crippen LogP contribution in [0.25, 0.3) is 20.4 Å². The molecule has 28 heavy (non-hydrogen) atoms. The van der Waals surface area contributed by atoms with Crippen molar-refractivity contribution in [2.24, 2.45) is 0 Å². The molecule has 1 atom stereocenters. The van der Waals surface area contributed by atoms with Crippen molar-refractivity contribution in [3.63, 3.8) is 0 Å². The van der Waals surface area contributed by atoms with E-state index in [-0.39, 0.29) is 6.17 Å². The third-order valence-corrected chi connectivity index (χ3v) is 6.78. The van der Waals surface area contributed by atoms with E-state index in [1.54, 1.807) is 0 Å². The topological polar surface area (TPSA) is 114 Å². The second-order valence-electron chi connectivity index (χ2n) is 7.20. The van der Waals surface area contributed by atoms with Crippen LogP contribution in [0.15, 0.2) is 12.4 Å². The number of hydrogen-bond acceptors (Lipinski definition) is 8. The maximum atomic E-state index is 11.8. The summed E-state index contributed by atoms with van der Waals surface area (Å²) in [5.41, 5.74) is 8.07. The summed E-state index contributed by atoms with van der Waals surface area (Å²) in [4.78, 5) is 16.4. The molecule has 0 amide bonds. The van der Waals surface area contributed by atoms with Gasteiger partial charge in [-0.25, -0.2) is 23.4 Å². The van der Waals surface area contributed by atoms with E-state index < -0.39 is 10.0 Å². The van der Waals surface area contributed by atoms with Gasteiger partial charge in [-0.15, -0.1) is 11.3 Å². The molecule has 1 aliphatic rings. The van der Waals surface area contributed by atoms with E-state index in [1.165, 1.54) is 23.9 Å². The Morgan fingerprint density at radius 1 is 1.36 bits per heavy atom. The van der Waals surface area contributed by atoms with Crippen LogP contribution in [0.1, 0.15) is 38.2 Å². The minimum absolute atomic E-state index is 0.276. The molecule has 3 N–H and O–H groups in total. The first-order valence-electron chi connectivity index (χ1n) is 9.44. The molecule has 1 fully saturated rings. The molecule has 3 aromatic rings. The van der Waals surface area contributed by atoms with E-state index >= 15 is 0 Å². The van der Waals surface area contributed by atoms with Crippen molar-refractivity contribution < 1.29 is 8.42 Å². The van der Waals surface area contributed by atoms with Crippen molar-refractivity contribution >= 4 is 53.4 Å². The van der Waals surface area contributed by atoms with Crippen molar-refractivity contribution in [3.05, 3.63) is 18.0 Å². The summed E-state index contributed by atoms with van der Waals surface area (Å²) in [7, 11) is -3.31. The number of aryl methyl sites for hydroxylation is 1. The first kappa shape index (κ1) is 19.3. The van der Waals surface area contributed by atoms with Crippen LogP contribution in [0.3, 0.4) is 0 Å². The molecule has 4 heterocycles. The van der Waals surface area contributed by atoms with Crippen LogP contribution in [-0.2, 0) is 16.4 Å². The van der Waals surface area contributed by atoms with E-state index in [1.807, 2.05) is 0 Å². The number of thiophene rings is 1. The zero-order chi connectivity index (χ0) is 19.9. The quantitative estimate of drug-likeness (QED) is 0.652. The Labute approximate surface area is 168 Å². The van der Waals surface area contributed by atoms with Gasteiger partial charge >= 0.3 is 0 Å². The van der Waals surface area contributed by atoms with Gasteiger partial charge in [-0.1, -0.05) is 13.3 Å². The Morgan fingerprint density at radius 2 is 2.18 bits per heavy atom. The third kappa shape index (κ3) is 3.63. The van der Waals surface area contributed by atoms with Gasteiger partial charge in [0.15, 0.2) is 0 Å². The molecule has 0 spiro atoms. The van der Waals surface area contributed by atoms with Crippen LogP contribution in [0.2, 0.25) is 0 Å². The lowest BCUT2D eigenvalue weighted by Crippen LogP contribution is -2.51. The molecule has 0 aromatic carbocycles. The number of nitrogens with two attached hydrogens (primary N) is 1. The molecule has 10 heteroatoms. The van der Waals surface area contributed by atoms with Gasteiger partial charge in [0.25, 0.3) is 0 Å². The molecule has 4 rings (SSSR count). The number of nitrogen functional groups attached to an aromatic ring is 1. The zero-order valence-electron chi connectivity index (χ0n) is 16.0. The monoisotopic (exact) mass is 420 g/mol. The number of fused-ring (bicyclic) bond motifs is 3. The van der Waals surface area contributed by atoms with E-state index in [0.29, 0.717) is 5.82 Å². The summed E-state index contributed by atoms with van der Waals surface area (Å²) >= 11 is 1.49. The number of aromatic nitrogens is 3. The van der Waals surface area contributed by atoms with Crippen LogP contribution >= 0.6 is 11.3 Å². The van der Waals surface area contributed by atoms with E-state index in [0.717, 1.165) is 70.5 Å². The number of piperidine rings is 1. The van der Waals surface area contributed by atoms with E-state index in [2.05, 4.69) is 32.6 Å². The first-order valence-corrected chi connectivity index (χ1v) is 12.1. The lowest BCUT2D eigenvalue weighted by atomic mass is 10.0. The number of anilines is 2. The summed E-state index contributed by atoms with van der Waals surface area (Å²) in [5, 5.41) is 1.03. The summed E-state index contributed by atoms with van der Waals surface area (Å²) < 4.78 is 27.3. The van der Waals surface area contributed by atoms with Gasteiger partial charge in [0, 0.05) is 11.9 Å². The molecule has 1 unspecified atom stereocenters. The van der Waals surface area contributed by atoms with Crippen molar-refractivity contribution in [1.82, 2.24) is 19.7 Å². The average Bonchev–Trinajstić information content (AvgIpc) is 3.01. The van der Waals surface area contributed by atoms with Crippen molar-refractivity contribution in [2.75, 3.05) is 23.4 Å². The average molecular weight is 421 g/mol. The van der Waals surface area contributed by atoms with Crippen molar-refractivity contribution in [1.29, 1.82) is 0 Å². The SMILES string of the molecule is CCCc1cc(N2CCCCC2NS(C)(=O)=O)nc2sc3c(N)ncnc3c12. The number of nitrogens with one attached hydrogen (secondary N) is 1. The summed E-state index contributed by atoms with van der Waals surface area (Å²) in [6.45, 7) is 2.91. The van der Waals surface area contributed by atoms with Crippen molar-refractivity contribution in [2.45, 2.75) is 45.2 Å². The lowest BCUT2D eigenvalue weighted by molar-refractivity contribution is 0.435. The van der Waals surface area contributed by atoms with E-state index in [4.69, 9.17) is 10.7 Å². The van der Waals surface area contributed by atoms with Gasteiger partial charge in [0.1, 0.15) is 22.8 Å². The summed E-state index contributed by atoms with van der Waals surface area (Å²) in [6.07, 6.45) is 7.05. The smallest absolute Gasteiger partial charge is 0.210 e. The standard InChI is InChI=1S/C18H24N6O2S2/c1-3-6-11-9-13(24-8-5-4-7-12(24)23-28(2,25)26)22-18-14(11)15-16(27-18)17(19)21-10-20-15/h9-10,12,23H,3-8H2,1-2H3,(H2,19,20,21). The molecular formula is C18H24N6O2S2. The number of rotatable bonds is 5. The third-order valence-electron chi connectivity index (χ3n) is 4.99. The van der Waals surface area contributed by atoms with Crippen LogP contribution in [0, 0.1) is 0 Å². The fourth-order valence-electron chi connectivity index (χ4n) is 3.84. The second kappa shape index (κ2) is 7.41. The van der Waals surface area contributed by atoms with Crippen molar-refractivity contribution in [3.8, 4) is 0 Å². The molecule has 0 aliphatic carbocycles. The molecule has 1 aliphatic heterocycles. The Bertz CT molecular complexity index is 1130. The Balaban J connectivity index is 1.87. The molecule has 150 valence electrons. The highest BCUT2D eigenvalue weighted by Gasteiger charge is 2.27. The zero-order valence-corrected chi connectivity index (χ0v) is 17.6. The number of hydrogen-bond donors (Lipinski definition) is 2. The molecular weight excluding hydrogens is 396 g/mol. The fraction of sp³-hybridized carbons (Fsp3) is 0.500. The van der Waals surface area contributed by atoms with Crippen LogP contribution in [0.4, 0.5) is 11.6 Å². The summed E-state index contributed by atoms with van der Waals surface area (Å²) in [6, 6.07) is 2.08. The maximum absolute atomic E-state index is 11.8. The maximum Gasteiger partial charge on any atom is 0.210 e. The molecule has 0 bridgehead atoms. The van der Waals surface area contributed by atoms with Gasteiger partial charge in [-0.05, 0) is 37.3 Å². The summed E-state index contributed by atoms with van der Waals surface area (Å²) in [5.74, 6) is 1.27. The number of sulfonamides is 1. The highest BCUT2D eigenvalue weighted by molar-refractivity contribution is 7.88. The van der Waals surface area contributed by atoms with Gasteiger partial charge in [-0.2, -0.15) is 4.72 Å². The molecule has 0 saturated carbocycles. The van der Waals surface area contributed by atoms with Gasteiger partial charge < -0.3 is 10.6 Å². The molecule has 8 nitrogen and oxygen atoms in total.